The van der Waals surface area contributed by atoms with Crippen LogP contribution >= 0.6 is 0 Å². The van der Waals surface area contributed by atoms with Crippen LogP contribution < -0.4 is 14.5 Å². The van der Waals surface area contributed by atoms with Crippen LogP contribution in [0.15, 0.2) is 66.7 Å². The Morgan fingerprint density at radius 3 is 2.59 bits per heavy atom. The molecule has 0 radical (unpaired) electrons. The fourth-order valence-electron chi connectivity index (χ4n) is 8.01. The summed E-state index contributed by atoms with van der Waals surface area (Å²) < 4.78 is 20.5. The summed E-state index contributed by atoms with van der Waals surface area (Å²) in [5.74, 6) is 0.720. The van der Waals surface area contributed by atoms with Crippen molar-refractivity contribution in [1.29, 1.82) is 5.26 Å². The molecule has 2 saturated heterocycles. The number of aromatic nitrogens is 2. The topological polar surface area (TPSA) is 109 Å². The van der Waals surface area contributed by atoms with Gasteiger partial charge in [0.05, 0.1) is 30.3 Å². The molecule has 49 heavy (non-hydrogen) atoms. The highest BCUT2D eigenvalue weighted by molar-refractivity contribution is 5.97. The Morgan fingerprint density at radius 1 is 1.06 bits per heavy atom. The molecule has 1 amide bonds. The number of carbonyl (C=O) groups is 1. The third-order valence-electron chi connectivity index (χ3n) is 10.5. The second kappa shape index (κ2) is 13.5. The number of hydrogen-bond acceptors (Lipinski definition) is 8. The van der Waals surface area contributed by atoms with Crippen molar-refractivity contribution in [3.63, 3.8) is 0 Å². The largest absolute Gasteiger partial charge is 0.465 e. The highest BCUT2D eigenvalue weighted by Gasteiger charge is 2.46. The van der Waals surface area contributed by atoms with Gasteiger partial charge in [-0.15, -0.1) is 0 Å². The number of anilines is 2. The van der Waals surface area contributed by atoms with Gasteiger partial charge in [-0.3, -0.25) is 9.80 Å². The molecule has 3 aliphatic rings. The van der Waals surface area contributed by atoms with Crippen molar-refractivity contribution < 1.29 is 19.0 Å². The Hall–Kier alpha value is -4.95. The smallest absolute Gasteiger partial charge is 0.407 e. The molecule has 10 nitrogen and oxygen atoms in total. The van der Waals surface area contributed by atoms with Gasteiger partial charge in [0.25, 0.3) is 0 Å². The van der Waals surface area contributed by atoms with E-state index in [9.17, 15) is 19.6 Å². The van der Waals surface area contributed by atoms with Crippen LogP contribution in [0.25, 0.3) is 10.8 Å². The molecular weight excluding hydrogens is 621 g/mol. The van der Waals surface area contributed by atoms with Gasteiger partial charge in [-0.2, -0.15) is 15.2 Å². The van der Waals surface area contributed by atoms with E-state index in [4.69, 9.17) is 14.7 Å². The molecule has 3 atom stereocenters. The minimum Gasteiger partial charge on any atom is -0.465 e. The van der Waals surface area contributed by atoms with Crippen molar-refractivity contribution in [2.24, 2.45) is 0 Å². The molecule has 0 spiro atoms. The van der Waals surface area contributed by atoms with Crippen molar-refractivity contribution in [1.82, 2.24) is 19.8 Å². The first-order valence-electron chi connectivity index (χ1n) is 17.0. The van der Waals surface area contributed by atoms with E-state index >= 15 is 0 Å². The average Bonchev–Trinajstić information content (AvgIpc) is 3.43. The number of alkyl halides is 1. The lowest BCUT2D eigenvalue weighted by Crippen LogP contribution is -2.65. The summed E-state index contributed by atoms with van der Waals surface area (Å²) in [6.07, 6.45) is -0.408. The van der Waals surface area contributed by atoms with E-state index in [0.29, 0.717) is 45.4 Å². The number of benzene rings is 3. The highest BCUT2D eigenvalue weighted by Crippen LogP contribution is 2.38. The van der Waals surface area contributed by atoms with Gasteiger partial charge < -0.3 is 19.6 Å². The molecule has 3 aromatic carbocycles. The molecule has 1 aromatic heterocycles. The van der Waals surface area contributed by atoms with Crippen molar-refractivity contribution in [2.75, 3.05) is 56.2 Å². The van der Waals surface area contributed by atoms with Gasteiger partial charge in [0, 0.05) is 55.4 Å². The number of fused-ring (bicyclic) bond motifs is 2. The molecule has 4 aromatic rings. The molecule has 3 aliphatic heterocycles. The van der Waals surface area contributed by atoms with E-state index in [-0.39, 0.29) is 31.6 Å². The summed E-state index contributed by atoms with van der Waals surface area (Å²) in [6, 6.07) is 24.9. The number of ether oxygens (including phenoxy) is 1. The molecule has 1 N–H and O–H groups in total. The lowest BCUT2D eigenvalue weighted by molar-refractivity contribution is 0.0668. The molecule has 0 aliphatic carbocycles. The number of aryl methyl sites for hydroxylation is 1. The molecular formula is C38H42FN7O3. The van der Waals surface area contributed by atoms with Crippen LogP contribution in [0.3, 0.4) is 0 Å². The van der Waals surface area contributed by atoms with Gasteiger partial charge >= 0.3 is 12.1 Å². The predicted octanol–water partition coefficient (Wildman–Crippen LogP) is 5.62. The van der Waals surface area contributed by atoms with Gasteiger partial charge in [0.2, 0.25) is 0 Å². The minimum atomic E-state index is -1.03. The van der Waals surface area contributed by atoms with Crippen molar-refractivity contribution in [3.05, 3.63) is 89.1 Å². The van der Waals surface area contributed by atoms with Crippen LogP contribution in [-0.4, -0.2) is 95.1 Å². The number of likely N-dealkylation sites (N-methyl/N-ethyl adjacent to an activating group) is 1. The summed E-state index contributed by atoms with van der Waals surface area (Å²) in [5.41, 5.74) is 4.21. The minimum absolute atomic E-state index is 0.0357. The number of likely N-dealkylation sites (tertiary alicyclic amines) is 1. The zero-order valence-electron chi connectivity index (χ0n) is 28.1. The Labute approximate surface area is 286 Å². The van der Waals surface area contributed by atoms with Gasteiger partial charge in [0.1, 0.15) is 18.6 Å². The first-order valence-corrected chi connectivity index (χ1v) is 17.0. The number of halogens is 1. The first kappa shape index (κ1) is 32.6. The van der Waals surface area contributed by atoms with E-state index in [1.165, 1.54) is 21.2 Å². The van der Waals surface area contributed by atoms with Crippen LogP contribution in [0.1, 0.15) is 35.2 Å². The number of amides is 1. The molecule has 0 saturated carbocycles. The Bertz CT molecular complexity index is 1880. The lowest BCUT2D eigenvalue weighted by atomic mass is 9.83. The number of nitriles is 1. The third-order valence-corrected chi connectivity index (χ3v) is 10.5. The predicted molar refractivity (Wildman–Crippen MR) is 187 cm³/mol. The molecule has 7 rings (SSSR count). The highest BCUT2D eigenvalue weighted by atomic mass is 19.1. The maximum atomic E-state index is 14.2. The van der Waals surface area contributed by atoms with Crippen molar-refractivity contribution >= 4 is 28.4 Å². The van der Waals surface area contributed by atoms with E-state index in [2.05, 4.69) is 59.2 Å². The van der Waals surface area contributed by atoms with Crippen molar-refractivity contribution in [3.8, 4) is 12.1 Å². The number of piperazine rings is 1. The van der Waals surface area contributed by atoms with Crippen LogP contribution in [0, 0.1) is 18.3 Å². The second-order valence-corrected chi connectivity index (χ2v) is 13.7. The van der Waals surface area contributed by atoms with Crippen LogP contribution in [-0.2, 0) is 19.4 Å². The zero-order valence-corrected chi connectivity index (χ0v) is 28.1. The summed E-state index contributed by atoms with van der Waals surface area (Å²) in [6.45, 7) is 5.02. The fourth-order valence-corrected chi connectivity index (χ4v) is 8.01. The van der Waals surface area contributed by atoms with Gasteiger partial charge in [-0.05, 0) is 55.8 Å². The Balaban J connectivity index is 1.26. The number of nitrogens with zero attached hydrogens (tertiary/aromatic N) is 7. The molecule has 0 unspecified atom stereocenters. The molecule has 11 heteroatoms. The molecule has 0 bridgehead atoms. The van der Waals surface area contributed by atoms with Gasteiger partial charge in [-0.25, -0.2) is 9.18 Å². The van der Waals surface area contributed by atoms with Crippen LogP contribution in [0.2, 0.25) is 0 Å². The summed E-state index contributed by atoms with van der Waals surface area (Å²) in [5, 5.41) is 22.8. The summed E-state index contributed by atoms with van der Waals surface area (Å²) >= 11 is 0. The summed E-state index contributed by atoms with van der Waals surface area (Å²) in [4.78, 5) is 30.5. The van der Waals surface area contributed by atoms with Gasteiger partial charge in [-0.1, -0.05) is 60.7 Å². The monoisotopic (exact) mass is 663 g/mol. The standard InChI is InChI=1S/C38H42FN7O3/c1-26-8-6-11-28-12-7-13-33(34(26)28)44-17-14-31-32(23-44)41-36(49-24-30-20-29(39)22-43(30)2)42-35(31)45-18-19-46(37(47)48)38(25-45,15-16-40)21-27-9-4-3-5-10-27/h3-13,29-30H,14-15,17-25H2,1-2H3,(H,47,48)/t29-,30-,38-/m1/s1. The van der Waals surface area contributed by atoms with Crippen molar-refractivity contribution in [2.45, 2.75) is 56.9 Å². The van der Waals surface area contributed by atoms with E-state index < -0.39 is 17.8 Å². The zero-order chi connectivity index (χ0) is 34.1. The number of rotatable bonds is 8. The van der Waals surface area contributed by atoms with E-state index in [1.807, 2.05) is 42.3 Å². The molecule has 2 fully saturated rings. The van der Waals surface area contributed by atoms with E-state index in [1.54, 1.807) is 0 Å². The van der Waals surface area contributed by atoms with E-state index in [0.717, 1.165) is 34.9 Å². The Kier molecular flexibility index (Phi) is 8.99. The number of hydrogen-bond donors (Lipinski definition) is 1. The molecule has 4 heterocycles. The van der Waals surface area contributed by atoms with Crippen LogP contribution in [0.5, 0.6) is 6.01 Å². The number of carboxylic acid groups (broad SMARTS) is 1. The Morgan fingerprint density at radius 2 is 1.86 bits per heavy atom. The maximum Gasteiger partial charge on any atom is 0.407 e. The van der Waals surface area contributed by atoms with Gasteiger partial charge in [0.15, 0.2) is 0 Å². The molecule has 254 valence electrons. The normalized spacial score (nSPS) is 22.6. The lowest BCUT2D eigenvalue weighted by Gasteiger charge is -2.49. The second-order valence-electron chi connectivity index (χ2n) is 13.7. The third kappa shape index (κ3) is 6.45. The maximum absolute atomic E-state index is 14.2. The van der Waals surface area contributed by atoms with Crippen LogP contribution in [0.4, 0.5) is 20.7 Å². The first-order chi connectivity index (χ1) is 23.7. The fraction of sp³-hybridized carbons (Fsp3) is 0.421. The summed E-state index contributed by atoms with van der Waals surface area (Å²) in [7, 11) is 1.90. The average molecular weight is 664 g/mol. The quantitative estimate of drug-likeness (QED) is 0.257. The SMILES string of the molecule is Cc1cccc2cccc(N3CCc4c(nc(OC[C@H]5C[C@@H](F)CN5C)nc4N4CCN(C(=O)O)[C@](CC#N)(Cc5ccccc5)C4)C3)c12.